The molecule has 28 heavy (non-hydrogen) atoms. The first kappa shape index (κ1) is 18.1. The molecule has 1 atom stereocenters. The van der Waals surface area contributed by atoms with Gasteiger partial charge >= 0.3 is 0 Å². The third-order valence-electron chi connectivity index (χ3n) is 4.95. The normalized spacial score (nSPS) is 16.4. The molecule has 2 amide bonds. The van der Waals surface area contributed by atoms with E-state index in [2.05, 4.69) is 25.3 Å². The topological polar surface area (TPSA) is 104 Å². The van der Waals surface area contributed by atoms with E-state index < -0.39 is 0 Å². The molecule has 0 saturated carbocycles. The van der Waals surface area contributed by atoms with Crippen molar-refractivity contribution in [3.05, 3.63) is 54.4 Å². The fraction of sp³-hybridized carbons (Fsp3) is 0.350. The van der Waals surface area contributed by atoms with Gasteiger partial charge in [-0.2, -0.15) is 0 Å². The Morgan fingerprint density at radius 3 is 2.96 bits per heavy atom. The average Bonchev–Trinajstić information content (AvgIpc) is 3.38. The lowest BCUT2D eigenvalue weighted by Crippen LogP contribution is -2.32. The maximum atomic E-state index is 12.7. The minimum atomic E-state index is -0.276. The number of para-hydroxylation sites is 2. The zero-order chi connectivity index (χ0) is 19.3. The maximum absolute atomic E-state index is 12.7. The van der Waals surface area contributed by atoms with Crippen LogP contribution < -0.4 is 5.32 Å². The van der Waals surface area contributed by atoms with Gasteiger partial charge in [0, 0.05) is 31.9 Å². The van der Waals surface area contributed by atoms with Crippen molar-refractivity contribution in [2.45, 2.75) is 31.7 Å². The summed E-state index contributed by atoms with van der Waals surface area (Å²) in [5, 5.41) is 2.77. The molecule has 8 heteroatoms. The molecule has 1 aliphatic rings. The minimum absolute atomic E-state index is 0.00548. The molecule has 2 N–H and O–H groups in total. The number of imidazole rings is 1. The van der Waals surface area contributed by atoms with Gasteiger partial charge in [-0.25, -0.2) is 9.97 Å². The van der Waals surface area contributed by atoms with Crippen LogP contribution in [0.4, 0.5) is 0 Å². The fourth-order valence-corrected chi connectivity index (χ4v) is 3.57. The summed E-state index contributed by atoms with van der Waals surface area (Å²) in [6.45, 7) is 1.16. The largest absolute Gasteiger partial charge is 0.351 e. The number of likely N-dealkylation sites (tertiary alicyclic amines) is 1. The van der Waals surface area contributed by atoms with Crippen molar-refractivity contribution in [3.63, 3.8) is 0 Å². The molecule has 1 unspecified atom stereocenters. The third kappa shape index (κ3) is 3.85. The second-order valence-corrected chi connectivity index (χ2v) is 6.83. The average molecular weight is 378 g/mol. The molecule has 8 nitrogen and oxygen atoms in total. The highest BCUT2D eigenvalue weighted by molar-refractivity contribution is 5.91. The Labute approximate surface area is 162 Å². The third-order valence-corrected chi connectivity index (χ3v) is 4.95. The number of benzene rings is 1. The summed E-state index contributed by atoms with van der Waals surface area (Å²) in [5.74, 6) is 0.668. The van der Waals surface area contributed by atoms with Crippen molar-refractivity contribution in [1.29, 1.82) is 0 Å². The number of H-pyrrole nitrogens is 1. The highest BCUT2D eigenvalue weighted by atomic mass is 16.2. The summed E-state index contributed by atoms with van der Waals surface area (Å²) < 4.78 is 0. The predicted octanol–water partition coefficient (Wildman–Crippen LogP) is 2.23. The van der Waals surface area contributed by atoms with Gasteiger partial charge in [0.05, 0.1) is 23.3 Å². The van der Waals surface area contributed by atoms with Crippen LogP contribution >= 0.6 is 0 Å². The predicted molar refractivity (Wildman–Crippen MR) is 103 cm³/mol. The van der Waals surface area contributed by atoms with Crippen LogP contribution in [0.5, 0.6) is 0 Å². The van der Waals surface area contributed by atoms with Crippen molar-refractivity contribution in [1.82, 2.24) is 30.2 Å². The van der Waals surface area contributed by atoms with Crippen LogP contribution in [0.15, 0.2) is 42.9 Å². The Morgan fingerprint density at radius 2 is 2.14 bits per heavy atom. The monoisotopic (exact) mass is 378 g/mol. The molecule has 0 aliphatic carbocycles. The highest BCUT2D eigenvalue weighted by Crippen LogP contribution is 2.31. The Hall–Kier alpha value is -3.29. The van der Waals surface area contributed by atoms with E-state index in [1.54, 1.807) is 0 Å². The van der Waals surface area contributed by atoms with Gasteiger partial charge in [0.2, 0.25) is 5.91 Å². The van der Waals surface area contributed by atoms with Crippen molar-refractivity contribution in [3.8, 4) is 0 Å². The van der Waals surface area contributed by atoms with E-state index in [4.69, 9.17) is 0 Å². The van der Waals surface area contributed by atoms with E-state index in [0.29, 0.717) is 19.4 Å². The number of rotatable bonds is 6. The lowest BCUT2D eigenvalue weighted by molar-refractivity contribution is -0.132. The molecule has 1 aromatic carbocycles. The number of carbonyl (C=O) groups excluding carboxylic acids is 2. The Bertz CT molecular complexity index is 938. The second-order valence-electron chi connectivity index (χ2n) is 6.83. The Balaban J connectivity index is 1.30. The number of amides is 2. The molecule has 0 spiro atoms. The first-order valence-corrected chi connectivity index (χ1v) is 9.51. The molecule has 3 aromatic rings. The van der Waals surface area contributed by atoms with E-state index in [9.17, 15) is 9.59 Å². The van der Waals surface area contributed by atoms with Crippen LogP contribution in [-0.4, -0.2) is 49.7 Å². The highest BCUT2D eigenvalue weighted by Gasteiger charge is 2.31. The van der Waals surface area contributed by atoms with Gasteiger partial charge < -0.3 is 15.2 Å². The van der Waals surface area contributed by atoms with Gasteiger partial charge in [-0.05, 0) is 31.4 Å². The van der Waals surface area contributed by atoms with Crippen molar-refractivity contribution in [2.75, 3.05) is 13.1 Å². The number of carbonyl (C=O) groups is 2. The summed E-state index contributed by atoms with van der Waals surface area (Å²) in [4.78, 5) is 42.4. The number of hydrogen-bond acceptors (Lipinski definition) is 5. The molecule has 4 rings (SSSR count). The molecule has 1 saturated heterocycles. The van der Waals surface area contributed by atoms with Crippen LogP contribution in [0.2, 0.25) is 0 Å². The Kier molecular flexibility index (Phi) is 5.27. The number of fused-ring (bicyclic) bond motifs is 1. The molecule has 0 radical (unpaired) electrons. The summed E-state index contributed by atoms with van der Waals surface area (Å²) in [6.07, 6.45) is 7.26. The molecule has 1 fully saturated rings. The van der Waals surface area contributed by atoms with Gasteiger partial charge in [0.15, 0.2) is 0 Å². The van der Waals surface area contributed by atoms with Crippen LogP contribution in [0, 0.1) is 0 Å². The number of nitrogens with zero attached hydrogens (tertiary/aromatic N) is 4. The molecule has 3 heterocycles. The number of aromatic amines is 1. The summed E-state index contributed by atoms with van der Waals surface area (Å²) >= 11 is 0. The molecular weight excluding hydrogens is 356 g/mol. The number of nitrogens with one attached hydrogen (secondary N) is 2. The molecule has 0 bridgehead atoms. The first-order valence-electron chi connectivity index (χ1n) is 9.51. The van der Waals surface area contributed by atoms with E-state index >= 15 is 0 Å². The molecule has 1 aliphatic heterocycles. The fourth-order valence-electron chi connectivity index (χ4n) is 3.57. The lowest BCUT2D eigenvalue weighted by atomic mass is 10.2. The van der Waals surface area contributed by atoms with Crippen molar-refractivity contribution < 1.29 is 9.59 Å². The smallest absolute Gasteiger partial charge is 0.271 e. The van der Waals surface area contributed by atoms with E-state index in [1.807, 2.05) is 29.2 Å². The summed E-state index contributed by atoms with van der Waals surface area (Å²) in [6, 6.07) is 7.88. The van der Waals surface area contributed by atoms with Gasteiger partial charge in [-0.1, -0.05) is 12.1 Å². The summed E-state index contributed by atoms with van der Waals surface area (Å²) in [5.41, 5.74) is 2.19. The van der Waals surface area contributed by atoms with Crippen LogP contribution in [-0.2, 0) is 4.79 Å². The molecule has 2 aromatic heterocycles. The standard InChI is InChI=1S/C20H22N6O2/c27-18(8-3-9-23-20(28)16-13-21-10-11-22-16)26-12-4-7-17(26)19-24-14-5-1-2-6-15(14)25-19/h1-2,5-6,10-11,13,17H,3-4,7-9,12H2,(H,23,28)(H,24,25). The lowest BCUT2D eigenvalue weighted by Gasteiger charge is -2.23. The molecular formula is C20H22N6O2. The van der Waals surface area contributed by atoms with Crippen molar-refractivity contribution in [2.24, 2.45) is 0 Å². The first-order chi connectivity index (χ1) is 13.7. The minimum Gasteiger partial charge on any atom is -0.351 e. The Morgan fingerprint density at radius 1 is 1.25 bits per heavy atom. The number of hydrogen-bond donors (Lipinski definition) is 2. The van der Waals surface area contributed by atoms with Crippen molar-refractivity contribution >= 4 is 22.8 Å². The van der Waals surface area contributed by atoms with E-state index in [0.717, 1.165) is 36.2 Å². The number of aromatic nitrogens is 4. The van der Waals surface area contributed by atoms with Gasteiger partial charge in [0.25, 0.3) is 5.91 Å². The van der Waals surface area contributed by atoms with Gasteiger partial charge in [-0.15, -0.1) is 0 Å². The van der Waals surface area contributed by atoms with Gasteiger partial charge in [0.1, 0.15) is 11.5 Å². The zero-order valence-corrected chi connectivity index (χ0v) is 15.5. The van der Waals surface area contributed by atoms with Gasteiger partial charge in [-0.3, -0.25) is 14.6 Å². The van der Waals surface area contributed by atoms with Crippen LogP contribution in [0.3, 0.4) is 0 Å². The maximum Gasteiger partial charge on any atom is 0.271 e. The van der Waals surface area contributed by atoms with Crippen LogP contribution in [0.25, 0.3) is 11.0 Å². The second kappa shape index (κ2) is 8.16. The van der Waals surface area contributed by atoms with E-state index in [1.165, 1.54) is 18.6 Å². The van der Waals surface area contributed by atoms with Crippen LogP contribution in [0.1, 0.15) is 48.0 Å². The van der Waals surface area contributed by atoms with E-state index in [-0.39, 0.29) is 23.6 Å². The molecule has 144 valence electrons. The zero-order valence-electron chi connectivity index (χ0n) is 15.5. The SMILES string of the molecule is O=C(NCCCC(=O)N1CCCC1c1nc2ccccc2[nH]1)c1cnccn1. The summed E-state index contributed by atoms with van der Waals surface area (Å²) in [7, 11) is 0. The quantitative estimate of drug-likeness (QED) is 0.640.